The molecule has 3 rings (SSSR count). The molecular formula is C16H13FN4O. The lowest BCUT2D eigenvalue weighted by atomic mass is 10.1. The Bertz CT molecular complexity index is 890. The molecule has 0 aliphatic rings. The van der Waals surface area contributed by atoms with Gasteiger partial charge in [0.15, 0.2) is 0 Å². The van der Waals surface area contributed by atoms with Gasteiger partial charge in [0.1, 0.15) is 11.6 Å². The van der Waals surface area contributed by atoms with E-state index in [0.717, 1.165) is 0 Å². The summed E-state index contributed by atoms with van der Waals surface area (Å²) >= 11 is 0. The lowest BCUT2D eigenvalue weighted by molar-refractivity contribution is 0.628. The first-order chi connectivity index (χ1) is 10.6. The molecule has 2 aromatic heterocycles. The van der Waals surface area contributed by atoms with Gasteiger partial charge in [-0.1, -0.05) is 0 Å². The predicted molar refractivity (Wildman–Crippen MR) is 80.3 cm³/mol. The van der Waals surface area contributed by atoms with Gasteiger partial charge in [-0.15, -0.1) is 0 Å². The van der Waals surface area contributed by atoms with Gasteiger partial charge in [-0.2, -0.15) is 10.2 Å². The average Bonchev–Trinajstić information content (AvgIpc) is 2.47. The van der Waals surface area contributed by atoms with Crippen LogP contribution < -0.4 is 5.56 Å². The first-order valence-electron chi connectivity index (χ1n) is 6.71. The molecule has 0 spiro atoms. The Morgan fingerprint density at radius 2 is 1.95 bits per heavy atom. The van der Waals surface area contributed by atoms with Crippen molar-refractivity contribution in [2.24, 2.45) is 0 Å². The van der Waals surface area contributed by atoms with Crippen LogP contribution in [0.3, 0.4) is 0 Å². The van der Waals surface area contributed by atoms with Crippen LogP contribution in [0.1, 0.15) is 11.5 Å². The molecule has 0 amide bonds. The van der Waals surface area contributed by atoms with Crippen LogP contribution in [0.5, 0.6) is 0 Å². The van der Waals surface area contributed by atoms with Gasteiger partial charge in [0.25, 0.3) is 5.56 Å². The largest absolute Gasteiger partial charge is 0.269 e. The number of hydrogen-bond acceptors (Lipinski definition) is 4. The third-order valence-corrected chi connectivity index (χ3v) is 3.27. The predicted octanol–water partition coefficient (Wildman–Crippen LogP) is 2.45. The molecule has 0 saturated heterocycles. The monoisotopic (exact) mass is 296 g/mol. The van der Waals surface area contributed by atoms with E-state index in [9.17, 15) is 9.18 Å². The minimum atomic E-state index is -0.468. The van der Waals surface area contributed by atoms with Crippen LogP contribution in [0.15, 0.2) is 47.4 Å². The Morgan fingerprint density at radius 3 is 2.59 bits per heavy atom. The molecule has 0 aliphatic heterocycles. The van der Waals surface area contributed by atoms with Crippen molar-refractivity contribution in [3.8, 4) is 16.9 Å². The summed E-state index contributed by atoms with van der Waals surface area (Å²) < 4.78 is 15.7. The normalized spacial score (nSPS) is 10.7. The van der Waals surface area contributed by atoms with E-state index in [4.69, 9.17) is 0 Å². The lowest BCUT2D eigenvalue weighted by Gasteiger charge is -2.11. The number of halogens is 1. The van der Waals surface area contributed by atoms with Crippen LogP contribution in [0.2, 0.25) is 0 Å². The Morgan fingerprint density at radius 1 is 1.14 bits per heavy atom. The Kier molecular flexibility index (Phi) is 3.50. The molecule has 5 nitrogen and oxygen atoms in total. The fourth-order valence-corrected chi connectivity index (χ4v) is 2.35. The third kappa shape index (κ3) is 2.50. The minimum Gasteiger partial charge on any atom is -0.269 e. The SMILES string of the molecule is Cc1cc(=O)n(-c2ccc(-c3cccnn3)c(F)c2)c(C)n1. The van der Waals surface area contributed by atoms with Gasteiger partial charge < -0.3 is 0 Å². The van der Waals surface area contributed by atoms with Crippen LogP contribution in [0.4, 0.5) is 4.39 Å². The molecule has 0 saturated carbocycles. The molecule has 0 N–H and O–H groups in total. The first-order valence-corrected chi connectivity index (χ1v) is 6.71. The Labute approximate surface area is 126 Å². The summed E-state index contributed by atoms with van der Waals surface area (Å²) in [4.78, 5) is 16.3. The van der Waals surface area contributed by atoms with Crippen molar-refractivity contribution in [1.82, 2.24) is 19.7 Å². The maximum Gasteiger partial charge on any atom is 0.258 e. The molecule has 0 unspecified atom stereocenters. The highest BCUT2D eigenvalue weighted by molar-refractivity contribution is 5.61. The van der Waals surface area contributed by atoms with Crippen molar-refractivity contribution >= 4 is 0 Å². The van der Waals surface area contributed by atoms with Gasteiger partial charge in [0.05, 0.1) is 11.4 Å². The molecule has 0 bridgehead atoms. The number of benzene rings is 1. The molecule has 0 aliphatic carbocycles. The summed E-state index contributed by atoms with van der Waals surface area (Å²) in [7, 11) is 0. The third-order valence-electron chi connectivity index (χ3n) is 3.27. The number of nitrogens with zero attached hydrogens (tertiary/aromatic N) is 4. The Hall–Kier alpha value is -2.89. The number of rotatable bonds is 2. The van der Waals surface area contributed by atoms with Crippen molar-refractivity contribution in [2.75, 3.05) is 0 Å². The van der Waals surface area contributed by atoms with E-state index in [1.54, 1.807) is 38.1 Å². The van der Waals surface area contributed by atoms with Gasteiger partial charge in [-0.05, 0) is 44.2 Å². The number of aryl methyl sites for hydroxylation is 2. The molecule has 2 heterocycles. The minimum absolute atomic E-state index is 0.239. The zero-order valence-corrected chi connectivity index (χ0v) is 12.1. The quantitative estimate of drug-likeness (QED) is 0.729. The first kappa shape index (κ1) is 14.1. The molecule has 6 heteroatoms. The topological polar surface area (TPSA) is 60.7 Å². The van der Waals surface area contributed by atoms with Crippen LogP contribution in [0, 0.1) is 19.7 Å². The maximum absolute atomic E-state index is 14.4. The summed E-state index contributed by atoms with van der Waals surface area (Å²) in [5.74, 6) is 0.0431. The van der Waals surface area contributed by atoms with Gasteiger partial charge in [-0.3, -0.25) is 9.36 Å². The summed E-state index contributed by atoms with van der Waals surface area (Å²) in [5.41, 5.74) is 1.60. The van der Waals surface area contributed by atoms with Gasteiger partial charge >= 0.3 is 0 Å². The highest BCUT2D eigenvalue weighted by atomic mass is 19.1. The van der Waals surface area contributed by atoms with Crippen molar-refractivity contribution < 1.29 is 4.39 Å². The molecule has 22 heavy (non-hydrogen) atoms. The summed E-state index contributed by atoms with van der Waals surface area (Å²) in [5, 5.41) is 7.63. The highest BCUT2D eigenvalue weighted by Crippen LogP contribution is 2.22. The number of aromatic nitrogens is 4. The molecular weight excluding hydrogens is 283 g/mol. The van der Waals surface area contributed by atoms with Crippen molar-refractivity contribution in [3.05, 3.63) is 70.3 Å². The summed E-state index contributed by atoms with van der Waals surface area (Å²) in [6, 6.07) is 9.33. The second kappa shape index (κ2) is 5.48. The van der Waals surface area contributed by atoms with Gasteiger partial charge in [0, 0.05) is 23.5 Å². The average molecular weight is 296 g/mol. The molecule has 0 fully saturated rings. The van der Waals surface area contributed by atoms with Crippen molar-refractivity contribution in [1.29, 1.82) is 0 Å². The van der Waals surface area contributed by atoms with E-state index in [0.29, 0.717) is 28.5 Å². The van der Waals surface area contributed by atoms with E-state index in [1.165, 1.54) is 22.9 Å². The van der Waals surface area contributed by atoms with E-state index < -0.39 is 5.82 Å². The Balaban J connectivity index is 2.13. The molecule has 3 aromatic rings. The molecule has 0 atom stereocenters. The van der Waals surface area contributed by atoms with Crippen molar-refractivity contribution in [3.63, 3.8) is 0 Å². The fourth-order valence-electron chi connectivity index (χ4n) is 2.35. The zero-order chi connectivity index (χ0) is 15.7. The van der Waals surface area contributed by atoms with Crippen LogP contribution >= 0.6 is 0 Å². The van der Waals surface area contributed by atoms with Crippen LogP contribution in [0.25, 0.3) is 16.9 Å². The highest BCUT2D eigenvalue weighted by Gasteiger charge is 2.11. The van der Waals surface area contributed by atoms with E-state index in [2.05, 4.69) is 15.2 Å². The smallest absolute Gasteiger partial charge is 0.258 e. The summed E-state index contributed by atoms with van der Waals surface area (Å²) in [6.45, 7) is 3.46. The second-order valence-electron chi connectivity index (χ2n) is 4.89. The van der Waals surface area contributed by atoms with Gasteiger partial charge in [-0.25, -0.2) is 9.37 Å². The van der Waals surface area contributed by atoms with Crippen LogP contribution in [-0.4, -0.2) is 19.7 Å². The van der Waals surface area contributed by atoms with Gasteiger partial charge in [0.2, 0.25) is 0 Å². The molecule has 0 radical (unpaired) electrons. The molecule has 110 valence electrons. The van der Waals surface area contributed by atoms with E-state index in [-0.39, 0.29) is 5.56 Å². The standard InChI is InChI=1S/C16H13FN4O/c1-10-8-16(22)21(11(2)19-10)12-5-6-13(14(17)9-12)15-4-3-7-18-20-15/h3-9H,1-2H3. The van der Waals surface area contributed by atoms with Crippen molar-refractivity contribution in [2.45, 2.75) is 13.8 Å². The van der Waals surface area contributed by atoms with E-state index in [1.807, 2.05) is 0 Å². The number of hydrogen-bond donors (Lipinski definition) is 0. The van der Waals surface area contributed by atoms with E-state index >= 15 is 0 Å². The lowest BCUT2D eigenvalue weighted by Crippen LogP contribution is -2.21. The van der Waals surface area contributed by atoms with Crippen LogP contribution in [-0.2, 0) is 0 Å². The second-order valence-corrected chi connectivity index (χ2v) is 4.89. The molecule has 1 aromatic carbocycles. The zero-order valence-electron chi connectivity index (χ0n) is 12.1. The fraction of sp³-hybridized carbons (Fsp3) is 0.125. The summed E-state index contributed by atoms with van der Waals surface area (Å²) in [6.07, 6.45) is 1.52. The maximum atomic E-state index is 14.4.